The number of thiazole rings is 1. The lowest BCUT2D eigenvalue weighted by Crippen LogP contribution is -2.37. The Morgan fingerprint density at radius 1 is 1.62 bits per heavy atom. The molecule has 16 heavy (non-hydrogen) atoms. The topological polar surface area (TPSA) is 68.0 Å². The first-order valence-electron chi connectivity index (χ1n) is 5.66. The van der Waals surface area contributed by atoms with E-state index >= 15 is 0 Å². The van der Waals surface area contributed by atoms with Crippen LogP contribution in [0.3, 0.4) is 0 Å². The van der Waals surface area contributed by atoms with Gasteiger partial charge >= 0.3 is 0 Å². The first kappa shape index (κ1) is 11.5. The zero-order chi connectivity index (χ0) is 11.4. The highest BCUT2D eigenvalue weighted by Gasteiger charge is 2.24. The zero-order valence-electron chi connectivity index (χ0n) is 9.19. The van der Waals surface area contributed by atoms with Gasteiger partial charge in [-0.2, -0.15) is 0 Å². The molecule has 0 bridgehead atoms. The summed E-state index contributed by atoms with van der Waals surface area (Å²) in [5.74, 6) is 0.250. The van der Waals surface area contributed by atoms with Crippen LogP contribution in [-0.4, -0.2) is 16.9 Å². The van der Waals surface area contributed by atoms with Gasteiger partial charge in [0.05, 0.1) is 12.1 Å². The molecule has 1 aliphatic carbocycles. The number of rotatable bonds is 3. The third kappa shape index (κ3) is 3.02. The first-order valence-corrected chi connectivity index (χ1v) is 6.54. The van der Waals surface area contributed by atoms with E-state index in [-0.39, 0.29) is 17.9 Å². The van der Waals surface area contributed by atoms with E-state index in [4.69, 9.17) is 5.73 Å². The van der Waals surface area contributed by atoms with Gasteiger partial charge in [-0.25, -0.2) is 0 Å². The number of hydrogen-bond donors (Lipinski definition) is 2. The second-order valence-electron chi connectivity index (χ2n) is 4.31. The molecule has 1 fully saturated rings. The Bertz CT molecular complexity index is 339. The predicted octanol–water partition coefficient (Wildman–Crippen LogP) is 1.28. The molecule has 5 heteroatoms. The van der Waals surface area contributed by atoms with Crippen LogP contribution in [0.4, 0.5) is 0 Å². The highest BCUT2D eigenvalue weighted by molar-refractivity contribution is 7.09. The van der Waals surface area contributed by atoms with E-state index in [0.717, 1.165) is 30.6 Å². The minimum Gasteiger partial charge on any atom is -0.351 e. The van der Waals surface area contributed by atoms with Gasteiger partial charge in [0.25, 0.3) is 0 Å². The van der Waals surface area contributed by atoms with Crippen LogP contribution in [0.25, 0.3) is 0 Å². The van der Waals surface area contributed by atoms with E-state index in [1.165, 1.54) is 0 Å². The van der Waals surface area contributed by atoms with Gasteiger partial charge in [-0.1, -0.05) is 6.42 Å². The molecular formula is C11H17N3OS. The van der Waals surface area contributed by atoms with E-state index in [0.29, 0.717) is 6.54 Å². The van der Waals surface area contributed by atoms with Crippen molar-refractivity contribution >= 4 is 17.2 Å². The summed E-state index contributed by atoms with van der Waals surface area (Å²) in [6.45, 7) is 0.592. The molecule has 1 heterocycles. The number of amides is 1. The molecule has 3 N–H and O–H groups in total. The Labute approximate surface area is 99.3 Å². The van der Waals surface area contributed by atoms with E-state index < -0.39 is 0 Å². The summed E-state index contributed by atoms with van der Waals surface area (Å²) < 4.78 is 0. The van der Waals surface area contributed by atoms with Crippen LogP contribution in [-0.2, 0) is 11.3 Å². The predicted molar refractivity (Wildman–Crippen MR) is 63.9 cm³/mol. The number of nitrogens with one attached hydrogen (secondary N) is 1. The Morgan fingerprint density at radius 2 is 2.50 bits per heavy atom. The van der Waals surface area contributed by atoms with Crippen molar-refractivity contribution in [2.75, 3.05) is 0 Å². The number of nitrogens with two attached hydrogens (primary N) is 1. The van der Waals surface area contributed by atoms with Crippen molar-refractivity contribution < 1.29 is 4.79 Å². The summed E-state index contributed by atoms with van der Waals surface area (Å²) >= 11 is 1.56. The van der Waals surface area contributed by atoms with Gasteiger partial charge in [-0.15, -0.1) is 11.3 Å². The molecule has 1 aromatic heterocycles. The van der Waals surface area contributed by atoms with Crippen LogP contribution in [0, 0.1) is 5.92 Å². The normalized spacial score (nSPS) is 25.3. The SMILES string of the molecule is NC1CCCC(C(=O)NCc2cncs2)C1. The number of hydrogen-bond acceptors (Lipinski definition) is 4. The Balaban J connectivity index is 1.79. The van der Waals surface area contributed by atoms with Crippen LogP contribution in [0.5, 0.6) is 0 Å². The highest BCUT2D eigenvalue weighted by Crippen LogP contribution is 2.23. The molecule has 4 nitrogen and oxygen atoms in total. The summed E-state index contributed by atoms with van der Waals surface area (Å²) in [4.78, 5) is 16.9. The third-order valence-corrected chi connectivity index (χ3v) is 3.79. The maximum atomic E-state index is 11.9. The molecule has 2 unspecified atom stereocenters. The number of carbonyl (C=O) groups is 1. The molecule has 0 saturated heterocycles. The summed E-state index contributed by atoms with van der Waals surface area (Å²) in [5.41, 5.74) is 7.64. The standard InChI is InChI=1S/C11H17N3OS/c12-9-3-1-2-8(4-9)11(15)14-6-10-5-13-7-16-10/h5,7-9H,1-4,6,12H2,(H,14,15). The molecule has 2 atom stereocenters. The van der Waals surface area contributed by atoms with E-state index in [9.17, 15) is 4.79 Å². The minimum absolute atomic E-state index is 0.108. The smallest absolute Gasteiger partial charge is 0.223 e. The van der Waals surface area contributed by atoms with E-state index in [1.807, 2.05) is 0 Å². The molecule has 0 aromatic carbocycles. The lowest BCUT2D eigenvalue weighted by atomic mass is 9.85. The summed E-state index contributed by atoms with van der Waals surface area (Å²) in [6, 6.07) is 0.202. The lowest BCUT2D eigenvalue weighted by molar-refractivity contribution is -0.126. The molecular weight excluding hydrogens is 222 g/mol. The van der Waals surface area contributed by atoms with Gasteiger partial charge in [-0.3, -0.25) is 9.78 Å². The fourth-order valence-corrected chi connectivity index (χ4v) is 2.65. The molecule has 0 spiro atoms. The van der Waals surface area contributed by atoms with Gasteiger partial charge in [0, 0.05) is 23.0 Å². The summed E-state index contributed by atoms with van der Waals surface area (Å²) in [5, 5.41) is 2.95. The zero-order valence-corrected chi connectivity index (χ0v) is 10.0. The Morgan fingerprint density at radius 3 is 3.19 bits per heavy atom. The average Bonchev–Trinajstić information content (AvgIpc) is 2.78. The molecule has 1 saturated carbocycles. The first-order chi connectivity index (χ1) is 7.75. The van der Waals surface area contributed by atoms with Gasteiger partial charge in [0.2, 0.25) is 5.91 Å². The van der Waals surface area contributed by atoms with Crippen LogP contribution in [0.1, 0.15) is 30.6 Å². The minimum atomic E-state index is 0.108. The number of carbonyl (C=O) groups excluding carboxylic acids is 1. The van der Waals surface area contributed by atoms with Gasteiger partial charge < -0.3 is 11.1 Å². The fraction of sp³-hybridized carbons (Fsp3) is 0.636. The molecule has 0 radical (unpaired) electrons. The van der Waals surface area contributed by atoms with Crippen molar-refractivity contribution in [1.29, 1.82) is 0 Å². The van der Waals surface area contributed by atoms with Crippen molar-refractivity contribution in [3.8, 4) is 0 Å². The monoisotopic (exact) mass is 239 g/mol. The number of aromatic nitrogens is 1. The third-order valence-electron chi connectivity index (χ3n) is 3.01. The molecule has 1 aliphatic rings. The molecule has 1 aromatic rings. The Hall–Kier alpha value is -0.940. The number of nitrogens with zero attached hydrogens (tertiary/aromatic N) is 1. The highest BCUT2D eigenvalue weighted by atomic mass is 32.1. The fourth-order valence-electron chi connectivity index (χ4n) is 2.11. The summed E-state index contributed by atoms with van der Waals surface area (Å²) in [6.07, 6.45) is 5.72. The average molecular weight is 239 g/mol. The second kappa shape index (κ2) is 5.41. The summed E-state index contributed by atoms with van der Waals surface area (Å²) in [7, 11) is 0. The molecule has 1 amide bonds. The van der Waals surface area contributed by atoms with Crippen LogP contribution >= 0.6 is 11.3 Å². The van der Waals surface area contributed by atoms with E-state index in [2.05, 4.69) is 10.3 Å². The van der Waals surface area contributed by atoms with E-state index in [1.54, 1.807) is 23.0 Å². The van der Waals surface area contributed by atoms with Gasteiger partial charge in [-0.05, 0) is 19.3 Å². The van der Waals surface area contributed by atoms with Crippen LogP contribution in [0.15, 0.2) is 11.7 Å². The van der Waals surface area contributed by atoms with Crippen molar-refractivity contribution in [2.45, 2.75) is 38.3 Å². The second-order valence-corrected chi connectivity index (χ2v) is 5.28. The molecule has 2 rings (SSSR count). The van der Waals surface area contributed by atoms with Gasteiger partial charge in [0.15, 0.2) is 0 Å². The van der Waals surface area contributed by atoms with Crippen LogP contribution < -0.4 is 11.1 Å². The van der Waals surface area contributed by atoms with Crippen molar-refractivity contribution in [1.82, 2.24) is 10.3 Å². The quantitative estimate of drug-likeness (QED) is 0.835. The molecule has 0 aliphatic heterocycles. The molecule has 88 valence electrons. The largest absolute Gasteiger partial charge is 0.351 e. The maximum Gasteiger partial charge on any atom is 0.223 e. The van der Waals surface area contributed by atoms with Crippen molar-refractivity contribution in [3.63, 3.8) is 0 Å². The van der Waals surface area contributed by atoms with Crippen molar-refractivity contribution in [3.05, 3.63) is 16.6 Å². The Kier molecular flexibility index (Phi) is 3.90. The van der Waals surface area contributed by atoms with Crippen LogP contribution in [0.2, 0.25) is 0 Å². The maximum absolute atomic E-state index is 11.9. The lowest BCUT2D eigenvalue weighted by Gasteiger charge is -2.25. The van der Waals surface area contributed by atoms with Crippen molar-refractivity contribution in [2.24, 2.45) is 11.7 Å². The van der Waals surface area contributed by atoms with Gasteiger partial charge in [0.1, 0.15) is 0 Å².